The topological polar surface area (TPSA) is 92.7 Å². The molecule has 0 spiro atoms. The Labute approximate surface area is 169 Å². The molecule has 0 aliphatic carbocycles. The molecule has 27 heavy (non-hydrogen) atoms. The third-order valence-corrected chi connectivity index (χ3v) is 5.40. The number of carbonyl (C=O) groups is 3. The number of ether oxygens (including phenoxy) is 1. The van der Waals surface area contributed by atoms with Gasteiger partial charge in [0.05, 0.1) is 12.2 Å². The van der Waals surface area contributed by atoms with Crippen LogP contribution in [0.2, 0.25) is 0 Å². The van der Waals surface area contributed by atoms with Crippen LogP contribution in [-0.2, 0) is 9.53 Å². The largest absolute Gasteiger partial charge is 0.477 e. The predicted octanol–water partition coefficient (Wildman–Crippen LogP) is 4.57. The molecule has 6 nitrogen and oxygen atoms in total. The fourth-order valence-electron chi connectivity index (χ4n) is 2.27. The number of anilines is 1. The molecular formula is C19H18BrNO5S. The minimum atomic E-state index is -1.31. The number of benzene rings is 1. The summed E-state index contributed by atoms with van der Waals surface area (Å²) in [6, 6.07) is 6.57. The molecule has 0 aliphatic rings. The van der Waals surface area contributed by atoms with Crippen LogP contribution < -0.4 is 5.32 Å². The molecule has 0 amide bonds. The maximum absolute atomic E-state index is 12.4. The van der Waals surface area contributed by atoms with Gasteiger partial charge in [0.1, 0.15) is 10.7 Å². The van der Waals surface area contributed by atoms with Crippen molar-refractivity contribution in [2.75, 3.05) is 11.9 Å². The monoisotopic (exact) mass is 451 g/mol. The highest BCUT2D eigenvalue weighted by Crippen LogP contribution is 2.34. The molecule has 0 fully saturated rings. The molecule has 8 heteroatoms. The van der Waals surface area contributed by atoms with E-state index < -0.39 is 17.7 Å². The number of aryl methyl sites for hydroxylation is 1. The lowest BCUT2D eigenvalue weighted by Crippen LogP contribution is -2.15. The van der Waals surface area contributed by atoms with Gasteiger partial charge < -0.3 is 15.2 Å². The van der Waals surface area contributed by atoms with E-state index in [2.05, 4.69) is 21.2 Å². The first-order valence-corrected chi connectivity index (χ1v) is 9.64. The van der Waals surface area contributed by atoms with Gasteiger partial charge in [0.2, 0.25) is 0 Å². The van der Waals surface area contributed by atoms with Gasteiger partial charge >= 0.3 is 11.9 Å². The van der Waals surface area contributed by atoms with Crippen LogP contribution in [0.5, 0.6) is 0 Å². The summed E-state index contributed by atoms with van der Waals surface area (Å²) in [6.45, 7) is 5.49. The van der Waals surface area contributed by atoms with Gasteiger partial charge in [0, 0.05) is 21.0 Å². The number of hydrogen-bond donors (Lipinski definition) is 2. The van der Waals surface area contributed by atoms with Crippen molar-refractivity contribution in [3.63, 3.8) is 0 Å². The second kappa shape index (κ2) is 8.96. The number of halogens is 1. The predicted molar refractivity (Wildman–Crippen MR) is 108 cm³/mol. The number of carbonyl (C=O) groups excluding carboxylic acids is 2. The Morgan fingerprint density at radius 2 is 1.85 bits per heavy atom. The Bertz CT molecular complexity index is 915. The number of thiophene rings is 1. The number of ketones is 1. The van der Waals surface area contributed by atoms with Crippen LogP contribution in [0, 0.1) is 13.8 Å². The Hall–Kier alpha value is -2.45. The molecule has 0 atom stereocenters. The van der Waals surface area contributed by atoms with E-state index in [1.807, 2.05) is 6.92 Å². The molecule has 2 aromatic rings. The molecule has 0 saturated heterocycles. The molecule has 0 aliphatic heterocycles. The Morgan fingerprint density at radius 1 is 1.22 bits per heavy atom. The molecule has 0 saturated carbocycles. The number of carboxylic acid groups (broad SMARTS) is 1. The van der Waals surface area contributed by atoms with E-state index in [0.717, 1.165) is 15.4 Å². The lowest BCUT2D eigenvalue weighted by Gasteiger charge is -2.08. The second-order valence-corrected chi connectivity index (χ2v) is 7.71. The van der Waals surface area contributed by atoms with Gasteiger partial charge in [-0.25, -0.2) is 9.59 Å². The number of rotatable bonds is 7. The van der Waals surface area contributed by atoms with Crippen LogP contribution >= 0.6 is 27.3 Å². The minimum absolute atomic E-state index is 0.205. The summed E-state index contributed by atoms with van der Waals surface area (Å²) in [5.41, 5.74) is 1.02. The molecule has 2 N–H and O–H groups in total. The zero-order chi connectivity index (χ0) is 20.1. The van der Waals surface area contributed by atoms with Gasteiger partial charge in [-0.1, -0.05) is 15.9 Å². The Balaban J connectivity index is 2.38. The standard InChI is InChI=1S/C19H18BrNO5S/c1-4-26-19(25)16-10(2)11(3)27-17(16)21-14(18(23)24)9-15(22)12-5-7-13(20)8-6-12/h5-9,21H,4H2,1-3H3,(H,23,24)/b14-9+. The average molecular weight is 452 g/mol. The van der Waals surface area contributed by atoms with Crippen LogP contribution in [0.4, 0.5) is 5.00 Å². The number of aliphatic carboxylic acids is 1. The lowest BCUT2D eigenvalue weighted by atomic mass is 10.1. The van der Waals surface area contributed by atoms with Crippen molar-refractivity contribution in [3.8, 4) is 0 Å². The summed E-state index contributed by atoms with van der Waals surface area (Å²) < 4.78 is 5.86. The first kappa shape index (κ1) is 20.9. The molecular weight excluding hydrogens is 434 g/mol. The van der Waals surface area contributed by atoms with Crippen molar-refractivity contribution in [2.45, 2.75) is 20.8 Å². The van der Waals surface area contributed by atoms with Crippen LogP contribution in [-0.4, -0.2) is 29.4 Å². The zero-order valence-corrected chi connectivity index (χ0v) is 17.4. The number of hydrogen-bond acceptors (Lipinski definition) is 6. The van der Waals surface area contributed by atoms with E-state index in [0.29, 0.717) is 16.1 Å². The van der Waals surface area contributed by atoms with Crippen LogP contribution in [0.1, 0.15) is 38.1 Å². The third kappa shape index (κ3) is 5.05. The van der Waals surface area contributed by atoms with Gasteiger partial charge in [0.25, 0.3) is 0 Å². The maximum atomic E-state index is 12.4. The zero-order valence-electron chi connectivity index (χ0n) is 15.0. The average Bonchev–Trinajstić information content (AvgIpc) is 2.89. The summed E-state index contributed by atoms with van der Waals surface area (Å²) in [5, 5.41) is 12.5. The van der Waals surface area contributed by atoms with E-state index >= 15 is 0 Å². The van der Waals surface area contributed by atoms with E-state index in [4.69, 9.17) is 4.74 Å². The first-order valence-electron chi connectivity index (χ1n) is 8.03. The Morgan fingerprint density at radius 3 is 2.41 bits per heavy atom. The van der Waals surface area contributed by atoms with Gasteiger partial charge in [-0.15, -0.1) is 11.3 Å². The third-order valence-electron chi connectivity index (χ3n) is 3.75. The number of allylic oxidation sites excluding steroid dienone is 1. The van der Waals surface area contributed by atoms with Gasteiger partial charge in [0.15, 0.2) is 5.78 Å². The van der Waals surface area contributed by atoms with Crippen LogP contribution in [0.3, 0.4) is 0 Å². The van der Waals surface area contributed by atoms with Crippen molar-refractivity contribution in [2.24, 2.45) is 0 Å². The molecule has 1 aromatic heterocycles. The van der Waals surface area contributed by atoms with Gasteiger partial charge in [-0.05, 0) is 50.6 Å². The van der Waals surface area contributed by atoms with E-state index in [1.54, 1.807) is 38.1 Å². The van der Waals surface area contributed by atoms with Gasteiger partial charge in [-0.2, -0.15) is 0 Å². The summed E-state index contributed by atoms with van der Waals surface area (Å²) in [6.07, 6.45) is 1.00. The summed E-state index contributed by atoms with van der Waals surface area (Å²) in [5.74, 6) is -2.31. The summed E-state index contributed by atoms with van der Waals surface area (Å²) in [7, 11) is 0. The summed E-state index contributed by atoms with van der Waals surface area (Å²) >= 11 is 4.51. The SMILES string of the molecule is CCOC(=O)c1c(N/C(=C/C(=O)c2ccc(Br)cc2)C(=O)O)sc(C)c1C. The molecule has 2 rings (SSSR count). The Kier molecular flexibility index (Phi) is 6.92. The van der Waals surface area contributed by atoms with E-state index in [1.165, 1.54) is 11.3 Å². The van der Waals surface area contributed by atoms with Crippen molar-refractivity contribution in [1.29, 1.82) is 0 Å². The van der Waals surface area contributed by atoms with Crippen molar-refractivity contribution in [1.82, 2.24) is 0 Å². The highest BCUT2D eigenvalue weighted by Gasteiger charge is 2.23. The maximum Gasteiger partial charge on any atom is 0.352 e. The van der Waals surface area contributed by atoms with Crippen LogP contribution in [0.25, 0.3) is 0 Å². The van der Waals surface area contributed by atoms with E-state index in [9.17, 15) is 19.5 Å². The molecule has 0 bridgehead atoms. The molecule has 142 valence electrons. The molecule has 1 aromatic carbocycles. The van der Waals surface area contributed by atoms with Crippen molar-refractivity contribution >= 4 is 50.0 Å². The van der Waals surface area contributed by atoms with Crippen LogP contribution in [0.15, 0.2) is 40.5 Å². The number of carboxylic acids is 1. The fraction of sp³-hybridized carbons (Fsp3) is 0.211. The summed E-state index contributed by atoms with van der Waals surface area (Å²) in [4.78, 5) is 37.1. The highest BCUT2D eigenvalue weighted by atomic mass is 79.9. The number of nitrogens with one attached hydrogen (secondary N) is 1. The van der Waals surface area contributed by atoms with E-state index in [-0.39, 0.29) is 17.9 Å². The van der Waals surface area contributed by atoms with Gasteiger partial charge in [-0.3, -0.25) is 4.79 Å². The first-order chi connectivity index (χ1) is 12.7. The second-order valence-electron chi connectivity index (χ2n) is 5.57. The smallest absolute Gasteiger partial charge is 0.352 e. The van der Waals surface area contributed by atoms with Crippen molar-refractivity contribution in [3.05, 3.63) is 62.1 Å². The molecule has 1 heterocycles. The highest BCUT2D eigenvalue weighted by molar-refractivity contribution is 9.10. The fourth-order valence-corrected chi connectivity index (χ4v) is 3.59. The molecule has 0 unspecified atom stereocenters. The minimum Gasteiger partial charge on any atom is -0.477 e. The quantitative estimate of drug-likeness (QED) is 0.363. The lowest BCUT2D eigenvalue weighted by molar-refractivity contribution is -0.132. The number of esters is 1. The van der Waals surface area contributed by atoms with Crippen molar-refractivity contribution < 1.29 is 24.2 Å². The molecule has 0 radical (unpaired) electrons. The normalized spacial score (nSPS) is 11.2.